The second kappa shape index (κ2) is 10.9. The highest BCUT2D eigenvalue weighted by Crippen LogP contribution is 1.96. The van der Waals surface area contributed by atoms with Gasteiger partial charge in [-0.1, -0.05) is 50.8 Å². The minimum absolute atomic E-state index is 0.140. The van der Waals surface area contributed by atoms with Crippen LogP contribution in [-0.4, -0.2) is 19.0 Å². The number of rotatable bonds is 5. The van der Waals surface area contributed by atoms with Gasteiger partial charge in [0.1, 0.15) is 0 Å². The van der Waals surface area contributed by atoms with Crippen LogP contribution in [0.3, 0.4) is 0 Å². The first-order chi connectivity index (χ1) is 8.24. The average Bonchev–Trinajstić information content (AvgIpc) is 2.39. The van der Waals surface area contributed by atoms with E-state index in [4.69, 9.17) is 0 Å². The van der Waals surface area contributed by atoms with Crippen molar-refractivity contribution in [1.82, 2.24) is 10.6 Å². The normalized spacial score (nSPS) is 8.82. The summed E-state index contributed by atoms with van der Waals surface area (Å²) in [5, 5.41) is 5.80. The molecule has 1 amide bonds. The molecule has 0 unspecified atom stereocenters. The number of hydrogen-bond donors (Lipinski definition) is 2. The molecule has 0 radical (unpaired) electrons. The van der Waals surface area contributed by atoms with E-state index in [0.717, 1.165) is 18.7 Å². The Morgan fingerprint density at radius 3 is 2.24 bits per heavy atom. The molecule has 0 aliphatic carbocycles. The molecule has 3 nitrogen and oxygen atoms in total. The summed E-state index contributed by atoms with van der Waals surface area (Å²) < 4.78 is 0. The monoisotopic (exact) mass is 234 g/mol. The third kappa shape index (κ3) is 9.33. The molecule has 0 fully saturated rings. The van der Waals surface area contributed by atoms with Crippen molar-refractivity contribution in [3.05, 3.63) is 48.6 Å². The van der Waals surface area contributed by atoms with Crippen molar-refractivity contribution in [2.75, 3.05) is 13.1 Å². The van der Waals surface area contributed by atoms with E-state index in [2.05, 4.69) is 31.1 Å². The Morgan fingerprint density at radius 1 is 1.24 bits per heavy atom. The van der Waals surface area contributed by atoms with E-state index in [1.807, 2.05) is 30.3 Å². The molecular weight excluding hydrogens is 212 g/mol. The SMILES string of the molecule is C=CC(=O)NCc1ccccc1.CCNCC. The number of carbonyl (C=O) groups excluding carboxylic acids is 1. The van der Waals surface area contributed by atoms with Crippen molar-refractivity contribution in [3.63, 3.8) is 0 Å². The summed E-state index contributed by atoms with van der Waals surface area (Å²) in [5.74, 6) is -0.140. The highest BCUT2D eigenvalue weighted by atomic mass is 16.1. The topological polar surface area (TPSA) is 41.1 Å². The fourth-order valence-corrected chi connectivity index (χ4v) is 1.11. The molecule has 0 heterocycles. The molecule has 3 heteroatoms. The molecule has 0 atom stereocenters. The van der Waals surface area contributed by atoms with E-state index < -0.39 is 0 Å². The van der Waals surface area contributed by atoms with E-state index in [0.29, 0.717) is 6.54 Å². The molecular formula is C14H22N2O. The van der Waals surface area contributed by atoms with Gasteiger partial charge in [-0.2, -0.15) is 0 Å². The van der Waals surface area contributed by atoms with Crippen LogP contribution in [-0.2, 0) is 11.3 Å². The van der Waals surface area contributed by atoms with Gasteiger partial charge in [-0.05, 0) is 24.7 Å². The summed E-state index contributed by atoms with van der Waals surface area (Å²) in [6.07, 6.45) is 1.27. The average molecular weight is 234 g/mol. The van der Waals surface area contributed by atoms with E-state index in [-0.39, 0.29) is 5.91 Å². The van der Waals surface area contributed by atoms with Crippen LogP contribution in [0, 0.1) is 0 Å². The summed E-state index contributed by atoms with van der Waals surface area (Å²) >= 11 is 0. The Balaban J connectivity index is 0.000000437. The predicted octanol–water partition coefficient (Wildman–Crippen LogP) is 2.10. The molecule has 1 rings (SSSR count). The Hall–Kier alpha value is -1.61. The maximum Gasteiger partial charge on any atom is 0.243 e. The first-order valence-corrected chi connectivity index (χ1v) is 5.89. The molecule has 1 aromatic carbocycles. The molecule has 0 saturated heterocycles. The minimum Gasteiger partial charge on any atom is -0.348 e. The zero-order chi connectivity index (χ0) is 12.9. The van der Waals surface area contributed by atoms with Crippen molar-refractivity contribution in [2.24, 2.45) is 0 Å². The fraction of sp³-hybridized carbons (Fsp3) is 0.357. The lowest BCUT2D eigenvalue weighted by Crippen LogP contribution is -2.19. The lowest BCUT2D eigenvalue weighted by atomic mass is 10.2. The summed E-state index contributed by atoms with van der Waals surface area (Å²) in [7, 11) is 0. The van der Waals surface area contributed by atoms with Crippen LogP contribution < -0.4 is 10.6 Å². The largest absolute Gasteiger partial charge is 0.348 e. The quantitative estimate of drug-likeness (QED) is 0.766. The third-order valence-corrected chi connectivity index (χ3v) is 1.99. The molecule has 0 saturated carbocycles. The maximum atomic E-state index is 10.8. The van der Waals surface area contributed by atoms with Crippen LogP contribution >= 0.6 is 0 Å². The van der Waals surface area contributed by atoms with Crippen molar-refractivity contribution in [2.45, 2.75) is 20.4 Å². The van der Waals surface area contributed by atoms with Crippen molar-refractivity contribution in [3.8, 4) is 0 Å². The van der Waals surface area contributed by atoms with Crippen molar-refractivity contribution >= 4 is 5.91 Å². The highest BCUT2D eigenvalue weighted by Gasteiger charge is 1.93. The predicted molar refractivity (Wildman–Crippen MR) is 72.7 cm³/mol. The molecule has 0 aromatic heterocycles. The lowest BCUT2D eigenvalue weighted by Gasteiger charge is -2.00. The molecule has 94 valence electrons. The molecule has 0 aliphatic heterocycles. The van der Waals surface area contributed by atoms with Gasteiger partial charge in [0, 0.05) is 6.54 Å². The number of nitrogens with one attached hydrogen (secondary N) is 2. The van der Waals surface area contributed by atoms with Gasteiger partial charge in [0.05, 0.1) is 0 Å². The minimum atomic E-state index is -0.140. The first-order valence-electron chi connectivity index (χ1n) is 5.89. The zero-order valence-corrected chi connectivity index (χ0v) is 10.7. The van der Waals surface area contributed by atoms with E-state index >= 15 is 0 Å². The fourth-order valence-electron chi connectivity index (χ4n) is 1.11. The molecule has 17 heavy (non-hydrogen) atoms. The van der Waals surface area contributed by atoms with E-state index in [1.54, 1.807) is 0 Å². The third-order valence-electron chi connectivity index (χ3n) is 1.99. The Kier molecular flexibility index (Phi) is 9.86. The maximum absolute atomic E-state index is 10.8. The smallest absolute Gasteiger partial charge is 0.243 e. The number of hydrogen-bond acceptors (Lipinski definition) is 2. The summed E-state index contributed by atoms with van der Waals surface area (Å²) in [4.78, 5) is 10.8. The Morgan fingerprint density at radius 2 is 1.82 bits per heavy atom. The number of carbonyl (C=O) groups is 1. The van der Waals surface area contributed by atoms with Gasteiger partial charge in [0.25, 0.3) is 0 Å². The van der Waals surface area contributed by atoms with Crippen LogP contribution in [0.15, 0.2) is 43.0 Å². The Labute approximate surface area is 104 Å². The number of benzene rings is 1. The Bertz CT molecular complexity index is 307. The lowest BCUT2D eigenvalue weighted by molar-refractivity contribution is -0.116. The second-order valence-corrected chi connectivity index (χ2v) is 3.36. The van der Waals surface area contributed by atoms with Gasteiger partial charge in [0.15, 0.2) is 0 Å². The van der Waals surface area contributed by atoms with Gasteiger partial charge in [-0.15, -0.1) is 0 Å². The molecule has 0 spiro atoms. The zero-order valence-electron chi connectivity index (χ0n) is 10.7. The van der Waals surface area contributed by atoms with Gasteiger partial charge in [0.2, 0.25) is 5.91 Å². The van der Waals surface area contributed by atoms with Gasteiger partial charge in [-0.3, -0.25) is 4.79 Å². The standard InChI is InChI=1S/C10H11NO.C4H11N/c1-2-10(12)11-8-9-6-4-3-5-7-9;1-3-5-4-2/h2-7H,1,8H2,(H,11,12);5H,3-4H2,1-2H3. The molecule has 0 bridgehead atoms. The second-order valence-electron chi connectivity index (χ2n) is 3.36. The van der Waals surface area contributed by atoms with Gasteiger partial charge >= 0.3 is 0 Å². The first kappa shape index (κ1) is 15.4. The van der Waals surface area contributed by atoms with Crippen LogP contribution in [0.5, 0.6) is 0 Å². The summed E-state index contributed by atoms with van der Waals surface area (Å²) in [6.45, 7) is 10.3. The van der Waals surface area contributed by atoms with Crippen LogP contribution in [0.25, 0.3) is 0 Å². The molecule has 2 N–H and O–H groups in total. The van der Waals surface area contributed by atoms with E-state index in [9.17, 15) is 4.79 Å². The van der Waals surface area contributed by atoms with Crippen LogP contribution in [0.2, 0.25) is 0 Å². The van der Waals surface area contributed by atoms with Crippen molar-refractivity contribution in [1.29, 1.82) is 0 Å². The van der Waals surface area contributed by atoms with Crippen LogP contribution in [0.1, 0.15) is 19.4 Å². The van der Waals surface area contributed by atoms with E-state index in [1.165, 1.54) is 6.08 Å². The van der Waals surface area contributed by atoms with Crippen LogP contribution in [0.4, 0.5) is 0 Å². The van der Waals surface area contributed by atoms with Crippen molar-refractivity contribution < 1.29 is 4.79 Å². The number of amides is 1. The van der Waals surface area contributed by atoms with Gasteiger partial charge < -0.3 is 10.6 Å². The highest BCUT2D eigenvalue weighted by molar-refractivity contribution is 5.86. The molecule has 1 aromatic rings. The summed E-state index contributed by atoms with van der Waals surface area (Å²) in [6, 6.07) is 9.75. The summed E-state index contributed by atoms with van der Waals surface area (Å²) in [5.41, 5.74) is 1.09. The van der Waals surface area contributed by atoms with Gasteiger partial charge in [-0.25, -0.2) is 0 Å². The molecule has 0 aliphatic rings.